The molecule has 0 bridgehead atoms. The van der Waals surface area contributed by atoms with Crippen molar-refractivity contribution in [3.8, 4) is 16.9 Å². The highest BCUT2D eigenvalue weighted by molar-refractivity contribution is 6.31. The van der Waals surface area contributed by atoms with Crippen LogP contribution in [0.4, 0.5) is 4.39 Å². The van der Waals surface area contributed by atoms with Crippen molar-refractivity contribution in [1.82, 2.24) is 19.9 Å². The van der Waals surface area contributed by atoms with Gasteiger partial charge in [-0.1, -0.05) is 23.7 Å². The Bertz CT molecular complexity index is 1560. The van der Waals surface area contributed by atoms with Crippen LogP contribution in [0.2, 0.25) is 5.02 Å². The number of aryl methyl sites for hydroxylation is 1. The van der Waals surface area contributed by atoms with Gasteiger partial charge in [0.05, 0.1) is 16.4 Å². The summed E-state index contributed by atoms with van der Waals surface area (Å²) in [4.78, 5) is 24.2. The van der Waals surface area contributed by atoms with Crippen molar-refractivity contribution in [1.29, 1.82) is 0 Å². The summed E-state index contributed by atoms with van der Waals surface area (Å²) in [5.41, 5.74) is 25.6. The second-order valence-electron chi connectivity index (χ2n) is 10.1. The first-order chi connectivity index (χ1) is 19.7. The highest BCUT2D eigenvalue weighted by Crippen LogP contribution is 2.31. The Kier molecular flexibility index (Phi) is 10.1. The molecule has 41 heavy (non-hydrogen) atoms. The molecule has 0 fully saturated rings. The highest BCUT2D eigenvalue weighted by Gasteiger charge is 2.16. The average Bonchev–Trinajstić information content (AvgIpc) is 3.36. The third-order valence-electron chi connectivity index (χ3n) is 6.98. The van der Waals surface area contributed by atoms with Crippen LogP contribution in [0.3, 0.4) is 0 Å². The molecular weight excluding hydrogens is 545 g/mol. The lowest BCUT2D eigenvalue weighted by molar-refractivity contribution is 0.562. The van der Waals surface area contributed by atoms with Gasteiger partial charge in [0.2, 0.25) is 0 Å². The Morgan fingerprint density at radius 1 is 1.20 bits per heavy atom. The molecule has 0 aliphatic rings. The molecule has 0 aliphatic heterocycles. The predicted molar refractivity (Wildman–Crippen MR) is 164 cm³/mol. The Morgan fingerprint density at radius 3 is 2.66 bits per heavy atom. The topological polar surface area (TPSA) is 179 Å². The summed E-state index contributed by atoms with van der Waals surface area (Å²) in [6.07, 6.45) is 4.76. The van der Waals surface area contributed by atoms with Gasteiger partial charge < -0.3 is 33.2 Å². The molecule has 0 aliphatic carbocycles. The van der Waals surface area contributed by atoms with Crippen LogP contribution in [0.5, 0.6) is 0 Å². The first kappa shape index (κ1) is 30.2. The fourth-order valence-electron chi connectivity index (χ4n) is 4.64. The smallest absolute Gasteiger partial charge is 0.354 e. The number of H-pyrrole nitrogens is 1. The third-order valence-corrected chi connectivity index (χ3v) is 7.26. The maximum absolute atomic E-state index is 15.1. The van der Waals surface area contributed by atoms with Crippen molar-refractivity contribution >= 4 is 28.6 Å². The molecule has 0 unspecified atom stereocenters. The maximum Gasteiger partial charge on any atom is 0.354 e. The van der Waals surface area contributed by atoms with Crippen molar-refractivity contribution < 1.29 is 4.39 Å². The van der Waals surface area contributed by atoms with Crippen LogP contribution in [0.1, 0.15) is 43.4 Å². The molecule has 0 saturated carbocycles. The van der Waals surface area contributed by atoms with E-state index in [9.17, 15) is 4.79 Å². The zero-order chi connectivity index (χ0) is 29.5. The molecule has 2 atom stereocenters. The number of hydrogen-bond acceptors (Lipinski definition) is 6. The van der Waals surface area contributed by atoms with Crippen LogP contribution in [0.25, 0.3) is 28.0 Å². The molecule has 0 radical (unpaired) electrons. The van der Waals surface area contributed by atoms with Gasteiger partial charge in [0.1, 0.15) is 5.65 Å². The minimum Gasteiger partial charge on any atom is -0.370 e. The summed E-state index contributed by atoms with van der Waals surface area (Å²) >= 11 is 6.23. The molecule has 10 N–H and O–H groups in total. The van der Waals surface area contributed by atoms with Crippen LogP contribution in [-0.4, -0.2) is 46.2 Å². The standard InChI is InChI=1S/C29H37ClFN9O/c1-17(36-10-3-11-37-28(34)35)19-6-8-22(9-7-19)40-16-20-14-25(38-27(20)39-29(40)41)23-12-18(13-24(30)26(23)31)4-2-5-21(33)15-32/h6-9,12-14,16-17,21,36H,2-5,10-11,15,32-33H2,1H3,(H4,34,35,37)(H,38,39,41)/t17-,21+/m0/s1. The SMILES string of the molecule is C[C@H](NCCCN=C(N)N)c1ccc(-n2cc3cc(-c4cc(CCC[C@@H](N)CN)cc(Cl)c4F)[nH]c3nc2=O)cc1. The van der Waals surface area contributed by atoms with Crippen LogP contribution in [0.15, 0.2) is 58.4 Å². The Balaban J connectivity index is 1.52. The van der Waals surface area contributed by atoms with E-state index in [0.29, 0.717) is 47.5 Å². The van der Waals surface area contributed by atoms with Gasteiger partial charge in [-0.25, -0.2) is 9.18 Å². The lowest BCUT2D eigenvalue weighted by Gasteiger charge is -2.15. The molecule has 2 aromatic carbocycles. The van der Waals surface area contributed by atoms with E-state index in [1.807, 2.05) is 24.3 Å². The van der Waals surface area contributed by atoms with Gasteiger partial charge in [0.15, 0.2) is 11.8 Å². The summed E-state index contributed by atoms with van der Waals surface area (Å²) in [6.45, 7) is 3.80. The van der Waals surface area contributed by atoms with E-state index in [4.69, 9.17) is 34.5 Å². The van der Waals surface area contributed by atoms with E-state index in [1.54, 1.807) is 24.4 Å². The number of guanidine groups is 1. The van der Waals surface area contributed by atoms with E-state index in [0.717, 1.165) is 36.9 Å². The number of benzene rings is 2. The Morgan fingerprint density at radius 2 is 1.95 bits per heavy atom. The van der Waals surface area contributed by atoms with E-state index >= 15 is 4.39 Å². The van der Waals surface area contributed by atoms with Crippen LogP contribution in [-0.2, 0) is 6.42 Å². The molecular formula is C29H37ClFN9O. The molecule has 0 amide bonds. The fourth-order valence-corrected chi connectivity index (χ4v) is 4.89. The molecule has 2 heterocycles. The summed E-state index contributed by atoms with van der Waals surface area (Å²) in [5, 5.41) is 4.12. The second-order valence-corrected chi connectivity index (χ2v) is 10.5. The van der Waals surface area contributed by atoms with E-state index in [2.05, 4.69) is 27.2 Å². The fraction of sp³-hybridized carbons (Fsp3) is 0.345. The predicted octanol–water partition coefficient (Wildman–Crippen LogP) is 3.10. The number of fused-ring (bicyclic) bond motifs is 1. The lowest BCUT2D eigenvalue weighted by Crippen LogP contribution is -2.29. The van der Waals surface area contributed by atoms with Gasteiger partial charge in [0, 0.05) is 42.3 Å². The van der Waals surface area contributed by atoms with E-state index in [1.165, 1.54) is 4.57 Å². The normalized spacial score (nSPS) is 12.9. The van der Waals surface area contributed by atoms with Crippen LogP contribution < -0.4 is 33.9 Å². The van der Waals surface area contributed by atoms with Gasteiger partial charge in [-0.2, -0.15) is 4.98 Å². The molecule has 0 saturated heterocycles. The molecule has 4 aromatic rings. The van der Waals surface area contributed by atoms with Crippen LogP contribution >= 0.6 is 11.6 Å². The molecule has 12 heteroatoms. The largest absolute Gasteiger partial charge is 0.370 e. The molecule has 4 rings (SSSR count). The number of nitrogens with two attached hydrogens (primary N) is 4. The summed E-state index contributed by atoms with van der Waals surface area (Å²) < 4.78 is 16.5. The van der Waals surface area contributed by atoms with Gasteiger partial charge in [0.25, 0.3) is 0 Å². The molecule has 0 spiro atoms. The number of aromatic nitrogens is 3. The number of nitrogens with one attached hydrogen (secondary N) is 2. The van der Waals surface area contributed by atoms with Crippen molar-refractivity contribution in [3.63, 3.8) is 0 Å². The number of aromatic amines is 1. The second kappa shape index (κ2) is 13.7. The van der Waals surface area contributed by atoms with Crippen molar-refractivity contribution in [2.24, 2.45) is 27.9 Å². The summed E-state index contributed by atoms with van der Waals surface area (Å²) in [6, 6.07) is 12.9. The van der Waals surface area contributed by atoms with Crippen LogP contribution in [0, 0.1) is 5.82 Å². The Labute approximate surface area is 243 Å². The number of nitrogens with zero attached hydrogens (tertiary/aromatic N) is 3. The summed E-state index contributed by atoms with van der Waals surface area (Å²) in [5.74, 6) is -0.445. The maximum atomic E-state index is 15.1. The summed E-state index contributed by atoms with van der Waals surface area (Å²) in [7, 11) is 0. The number of halogens is 2. The highest BCUT2D eigenvalue weighted by atomic mass is 35.5. The quantitative estimate of drug-likeness (QED) is 0.0797. The van der Waals surface area contributed by atoms with Gasteiger partial charge in [-0.15, -0.1) is 0 Å². The zero-order valence-electron chi connectivity index (χ0n) is 23.0. The third kappa shape index (κ3) is 7.70. The zero-order valence-corrected chi connectivity index (χ0v) is 23.8. The number of aliphatic imine (C=N–C) groups is 1. The molecule has 10 nitrogen and oxygen atoms in total. The number of rotatable bonds is 13. The van der Waals surface area contributed by atoms with E-state index < -0.39 is 11.5 Å². The monoisotopic (exact) mass is 581 g/mol. The number of hydrogen-bond donors (Lipinski definition) is 6. The van der Waals surface area contributed by atoms with Crippen molar-refractivity contribution in [2.75, 3.05) is 19.6 Å². The first-order valence-electron chi connectivity index (χ1n) is 13.6. The van der Waals surface area contributed by atoms with Gasteiger partial charge in [-0.05, 0) is 80.6 Å². The molecule has 218 valence electrons. The van der Waals surface area contributed by atoms with Gasteiger partial charge in [-0.3, -0.25) is 9.56 Å². The van der Waals surface area contributed by atoms with Gasteiger partial charge >= 0.3 is 5.69 Å². The Hall–Kier alpha value is -3.77. The average molecular weight is 582 g/mol. The van der Waals surface area contributed by atoms with E-state index in [-0.39, 0.29) is 23.1 Å². The minimum absolute atomic E-state index is 0.0318. The lowest BCUT2D eigenvalue weighted by atomic mass is 10.0. The van der Waals surface area contributed by atoms with Crippen molar-refractivity contribution in [3.05, 3.63) is 81.1 Å². The van der Waals surface area contributed by atoms with Crippen molar-refractivity contribution in [2.45, 2.75) is 44.7 Å². The molecule has 2 aromatic heterocycles. The minimum atomic E-state index is -0.537. The first-order valence-corrected chi connectivity index (χ1v) is 14.0.